The van der Waals surface area contributed by atoms with Crippen molar-refractivity contribution in [2.45, 2.75) is 31.7 Å². The summed E-state index contributed by atoms with van der Waals surface area (Å²) in [6.45, 7) is 1.77. The summed E-state index contributed by atoms with van der Waals surface area (Å²) >= 11 is 0. The molecule has 2 aromatic carbocycles. The van der Waals surface area contributed by atoms with E-state index in [2.05, 4.69) is 5.32 Å². The Balaban J connectivity index is 1.28. The normalized spacial score (nSPS) is 17.0. The number of ether oxygens (including phenoxy) is 1. The molecule has 0 aromatic heterocycles. The Kier molecular flexibility index (Phi) is 5.69. The van der Waals surface area contributed by atoms with Gasteiger partial charge in [0.2, 0.25) is 0 Å². The van der Waals surface area contributed by atoms with Crippen molar-refractivity contribution < 1.29 is 19.4 Å². The minimum Gasteiger partial charge on any atom is -0.493 e. The number of carboxylic acid groups (broad SMARTS) is 1. The first-order valence-electron chi connectivity index (χ1n) is 10.2. The Morgan fingerprint density at radius 2 is 1.52 bits per heavy atom. The van der Waals surface area contributed by atoms with E-state index in [1.165, 1.54) is 4.90 Å². The predicted octanol–water partition coefficient (Wildman–Crippen LogP) is 4.01. The van der Waals surface area contributed by atoms with Crippen molar-refractivity contribution in [3.05, 3.63) is 54.1 Å². The number of carbonyl (C=O) groups is 2. The minimum atomic E-state index is -0.837. The molecule has 0 atom stereocenters. The third kappa shape index (κ3) is 5.08. The summed E-state index contributed by atoms with van der Waals surface area (Å²) < 4.78 is 5.91. The third-order valence-electron chi connectivity index (χ3n) is 5.62. The molecule has 6 nitrogen and oxygen atoms in total. The van der Waals surface area contributed by atoms with Crippen LogP contribution in [0.25, 0.3) is 11.1 Å². The fourth-order valence-corrected chi connectivity index (χ4v) is 3.56. The fraction of sp³-hybridized carbons (Fsp3) is 0.391. The summed E-state index contributed by atoms with van der Waals surface area (Å²) in [7, 11) is 0. The molecule has 1 heterocycles. The molecular formula is C23H26N2O4. The highest BCUT2D eigenvalue weighted by Crippen LogP contribution is 2.25. The van der Waals surface area contributed by atoms with Crippen molar-refractivity contribution in [1.29, 1.82) is 0 Å². The van der Waals surface area contributed by atoms with Gasteiger partial charge >= 0.3 is 6.09 Å². The number of nitrogens with one attached hydrogen (secondary N) is 1. The summed E-state index contributed by atoms with van der Waals surface area (Å²) in [5, 5.41) is 12.0. The molecule has 2 aromatic rings. The smallest absolute Gasteiger partial charge is 0.407 e. The van der Waals surface area contributed by atoms with E-state index in [-0.39, 0.29) is 5.91 Å². The van der Waals surface area contributed by atoms with Gasteiger partial charge in [-0.1, -0.05) is 24.3 Å². The maximum Gasteiger partial charge on any atom is 0.407 e. The van der Waals surface area contributed by atoms with Crippen molar-refractivity contribution in [2.24, 2.45) is 5.92 Å². The fourth-order valence-electron chi connectivity index (χ4n) is 3.56. The lowest BCUT2D eigenvalue weighted by atomic mass is 9.98. The van der Waals surface area contributed by atoms with Gasteiger partial charge in [-0.05, 0) is 67.0 Å². The number of rotatable bonds is 6. The second kappa shape index (κ2) is 8.55. The average molecular weight is 394 g/mol. The molecule has 2 fully saturated rings. The average Bonchev–Trinajstić information content (AvgIpc) is 3.57. The molecule has 6 heteroatoms. The van der Waals surface area contributed by atoms with Gasteiger partial charge in [-0.2, -0.15) is 0 Å². The van der Waals surface area contributed by atoms with Gasteiger partial charge in [0.05, 0.1) is 6.61 Å². The largest absolute Gasteiger partial charge is 0.493 e. The highest BCUT2D eigenvalue weighted by atomic mass is 16.5. The van der Waals surface area contributed by atoms with Crippen molar-refractivity contribution in [1.82, 2.24) is 10.2 Å². The van der Waals surface area contributed by atoms with E-state index in [1.54, 1.807) is 0 Å². The predicted molar refractivity (Wildman–Crippen MR) is 110 cm³/mol. The van der Waals surface area contributed by atoms with Crippen LogP contribution in [-0.2, 0) is 0 Å². The van der Waals surface area contributed by atoms with Crippen molar-refractivity contribution in [3.63, 3.8) is 0 Å². The summed E-state index contributed by atoms with van der Waals surface area (Å²) in [6.07, 6.45) is 3.01. The van der Waals surface area contributed by atoms with Gasteiger partial charge < -0.3 is 20.1 Å². The molecule has 2 N–H and O–H groups in total. The Morgan fingerprint density at radius 3 is 2.07 bits per heavy atom. The Labute approximate surface area is 170 Å². The number of benzene rings is 2. The topological polar surface area (TPSA) is 78.9 Å². The van der Waals surface area contributed by atoms with Crippen LogP contribution < -0.4 is 10.1 Å². The molecule has 1 aliphatic carbocycles. The summed E-state index contributed by atoms with van der Waals surface area (Å²) in [6, 6.07) is 16.0. The number of amides is 2. The van der Waals surface area contributed by atoms with E-state index in [0.717, 1.165) is 42.6 Å². The van der Waals surface area contributed by atoms with Crippen LogP contribution in [0, 0.1) is 5.92 Å². The molecule has 0 bridgehead atoms. The standard InChI is InChI=1S/C23H26N2O4/c26-22(24-20-7-8-20)19-3-1-17(2-4-19)18-5-9-21(10-6-18)29-15-16-11-13-25(14-12-16)23(27)28/h1-6,9-10,16,20H,7-8,11-15H2,(H,24,26)(H,27,28). The zero-order valence-electron chi connectivity index (χ0n) is 16.3. The molecular weight excluding hydrogens is 368 g/mol. The molecule has 2 aliphatic rings. The van der Waals surface area contributed by atoms with Gasteiger partial charge in [-0.15, -0.1) is 0 Å². The number of carbonyl (C=O) groups excluding carboxylic acids is 1. The summed E-state index contributed by atoms with van der Waals surface area (Å²) in [5.74, 6) is 1.20. The number of likely N-dealkylation sites (tertiary alicyclic amines) is 1. The Hall–Kier alpha value is -3.02. The molecule has 0 radical (unpaired) electrons. The lowest BCUT2D eigenvalue weighted by molar-refractivity contribution is 0.0951. The quantitative estimate of drug-likeness (QED) is 0.776. The molecule has 1 saturated carbocycles. The van der Waals surface area contributed by atoms with E-state index < -0.39 is 6.09 Å². The zero-order chi connectivity index (χ0) is 20.2. The van der Waals surface area contributed by atoms with Crippen LogP contribution in [0.15, 0.2) is 48.5 Å². The minimum absolute atomic E-state index is 0.00279. The Morgan fingerprint density at radius 1 is 0.931 bits per heavy atom. The zero-order valence-corrected chi connectivity index (χ0v) is 16.3. The van der Waals surface area contributed by atoms with Crippen LogP contribution in [-0.4, -0.2) is 47.7 Å². The van der Waals surface area contributed by atoms with Crippen molar-refractivity contribution in [3.8, 4) is 16.9 Å². The molecule has 152 valence electrons. The lowest BCUT2D eigenvalue weighted by Gasteiger charge is -2.29. The maximum atomic E-state index is 12.1. The van der Waals surface area contributed by atoms with E-state index in [0.29, 0.717) is 37.2 Å². The van der Waals surface area contributed by atoms with Gasteiger partial charge in [0.15, 0.2) is 0 Å². The van der Waals surface area contributed by atoms with Crippen molar-refractivity contribution >= 4 is 12.0 Å². The maximum absolute atomic E-state index is 12.1. The van der Waals surface area contributed by atoms with E-state index in [9.17, 15) is 9.59 Å². The number of piperidine rings is 1. The van der Waals surface area contributed by atoms with Gasteiger partial charge in [0.1, 0.15) is 5.75 Å². The van der Waals surface area contributed by atoms with Crippen LogP contribution in [0.5, 0.6) is 5.75 Å². The van der Waals surface area contributed by atoms with Crippen LogP contribution >= 0.6 is 0 Å². The first-order valence-corrected chi connectivity index (χ1v) is 10.2. The van der Waals surface area contributed by atoms with E-state index in [1.807, 2.05) is 48.5 Å². The molecule has 0 unspecified atom stereocenters. The third-order valence-corrected chi connectivity index (χ3v) is 5.62. The SMILES string of the molecule is O=C(NC1CC1)c1ccc(-c2ccc(OCC3CCN(C(=O)O)CC3)cc2)cc1. The lowest BCUT2D eigenvalue weighted by Crippen LogP contribution is -2.38. The van der Waals surface area contributed by atoms with Crippen LogP contribution in [0.3, 0.4) is 0 Å². The summed E-state index contributed by atoms with van der Waals surface area (Å²) in [5.41, 5.74) is 2.82. The van der Waals surface area contributed by atoms with Gasteiger partial charge in [-0.3, -0.25) is 4.79 Å². The highest BCUT2D eigenvalue weighted by molar-refractivity contribution is 5.95. The second-order valence-corrected chi connectivity index (χ2v) is 7.87. The van der Waals surface area contributed by atoms with Crippen LogP contribution in [0.4, 0.5) is 4.79 Å². The van der Waals surface area contributed by atoms with Crippen LogP contribution in [0.2, 0.25) is 0 Å². The monoisotopic (exact) mass is 394 g/mol. The first-order chi connectivity index (χ1) is 14.1. The van der Waals surface area contributed by atoms with E-state index >= 15 is 0 Å². The van der Waals surface area contributed by atoms with E-state index in [4.69, 9.17) is 9.84 Å². The van der Waals surface area contributed by atoms with Gasteiger partial charge in [0, 0.05) is 24.7 Å². The number of hydrogen-bond donors (Lipinski definition) is 2. The molecule has 4 rings (SSSR count). The number of hydrogen-bond acceptors (Lipinski definition) is 3. The molecule has 1 aliphatic heterocycles. The highest BCUT2D eigenvalue weighted by Gasteiger charge is 2.24. The second-order valence-electron chi connectivity index (χ2n) is 7.87. The first kappa shape index (κ1) is 19.3. The molecule has 2 amide bonds. The van der Waals surface area contributed by atoms with Gasteiger partial charge in [0.25, 0.3) is 5.91 Å². The van der Waals surface area contributed by atoms with Gasteiger partial charge in [-0.25, -0.2) is 4.79 Å². The molecule has 0 spiro atoms. The van der Waals surface area contributed by atoms with Crippen molar-refractivity contribution in [2.75, 3.05) is 19.7 Å². The summed E-state index contributed by atoms with van der Waals surface area (Å²) in [4.78, 5) is 24.5. The number of nitrogens with zero attached hydrogens (tertiary/aromatic N) is 1. The Bertz CT molecular complexity index is 851. The van der Waals surface area contributed by atoms with Crippen LogP contribution in [0.1, 0.15) is 36.0 Å². The molecule has 1 saturated heterocycles. The molecule has 29 heavy (non-hydrogen) atoms.